The highest BCUT2D eigenvalue weighted by molar-refractivity contribution is 8.00. The number of aromatic nitrogens is 3. The number of rotatable bonds is 5. The maximum atomic E-state index is 14.7. The summed E-state index contributed by atoms with van der Waals surface area (Å²) in [6.07, 6.45) is 2.90. The van der Waals surface area contributed by atoms with Crippen LogP contribution in [0.15, 0.2) is 29.6 Å². The fourth-order valence-corrected chi connectivity index (χ4v) is 5.18. The first-order chi connectivity index (χ1) is 14.2. The Labute approximate surface area is 195 Å². The van der Waals surface area contributed by atoms with Crippen molar-refractivity contribution in [1.29, 1.82) is 0 Å². The van der Waals surface area contributed by atoms with Crippen LogP contribution in [0, 0.1) is 5.82 Å². The summed E-state index contributed by atoms with van der Waals surface area (Å²) in [5, 5.41) is 1.24. The molecule has 0 saturated heterocycles. The Morgan fingerprint density at radius 3 is 2.73 bits per heavy atom. The number of fused-ring (bicyclic) bond motifs is 1. The number of carbonyl (C=O) groups is 1. The van der Waals surface area contributed by atoms with E-state index in [2.05, 4.69) is 19.1 Å². The topological polar surface area (TPSA) is 71.0 Å². The van der Waals surface area contributed by atoms with E-state index in [1.165, 1.54) is 29.6 Å². The van der Waals surface area contributed by atoms with Crippen LogP contribution in [0.4, 0.5) is 15.2 Å². The summed E-state index contributed by atoms with van der Waals surface area (Å²) in [5.74, 6) is -0.675. The molecule has 0 spiro atoms. The van der Waals surface area contributed by atoms with E-state index in [-0.39, 0.29) is 22.6 Å². The highest BCUT2D eigenvalue weighted by Crippen LogP contribution is 2.47. The number of halogens is 4. The van der Waals surface area contributed by atoms with E-state index >= 15 is 0 Å². The van der Waals surface area contributed by atoms with Crippen LogP contribution >= 0.6 is 58.3 Å². The second kappa shape index (κ2) is 8.12. The Kier molecular flexibility index (Phi) is 5.84. The lowest BCUT2D eigenvalue weighted by Gasteiger charge is -2.21. The van der Waals surface area contributed by atoms with Crippen molar-refractivity contribution < 1.29 is 9.18 Å². The standard InChI is InChI=1S/C18H13Cl3FN5OS2/c1-18(2)13-11(5-23-15(21)14(13)20)27(16(18)28)6-8-3-10(22)12(4-9(8)19)29-26-17-24-7-25-30-17/h3-5,7H,6H2,1-2H3,(H,24,25,26). The largest absolute Gasteiger partial charge is 0.305 e. The summed E-state index contributed by atoms with van der Waals surface area (Å²) in [6.45, 7) is 3.59. The van der Waals surface area contributed by atoms with Crippen LogP contribution in [0.25, 0.3) is 0 Å². The van der Waals surface area contributed by atoms with Gasteiger partial charge < -0.3 is 9.62 Å². The highest BCUT2D eigenvalue weighted by atomic mass is 35.5. The zero-order valence-electron chi connectivity index (χ0n) is 15.5. The number of carbonyl (C=O) groups excluding carboxylic acids is 1. The zero-order chi connectivity index (χ0) is 21.6. The van der Waals surface area contributed by atoms with Gasteiger partial charge in [-0.15, -0.1) is 0 Å². The van der Waals surface area contributed by atoms with Gasteiger partial charge in [0.1, 0.15) is 17.3 Å². The van der Waals surface area contributed by atoms with E-state index < -0.39 is 11.2 Å². The minimum absolute atomic E-state index is 0.0689. The number of pyridine rings is 1. The van der Waals surface area contributed by atoms with Gasteiger partial charge in [-0.25, -0.2) is 14.4 Å². The van der Waals surface area contributed by atoms with Crippen molar-refractivity contribution >= 4 is 75.0 Å². The third kappa shape index (κ3) is 3.73. The van der Waals surface area contributed by atoms with Crippen molar-refractivity contribution in [2.45, 2.75) is 30.7 Å². The number of anilines is 2. The first-order valence-corrected chi connectivity index (χ1v) is 11.3. The number of hydrogen-bond acceptors (Lipinski definition) is 7. The van der Waals surface area contributed by atoms with Crippen molar-refractivity contribution in [2.24, 2.45) is 0 Å². The first kappa shape index (κ1) is 21.6. The molecule has 6 nitrogen and oxygen atoms in total. The molecule has 0 bridgehead atoms. The SMILES string of the molecule is CC1(C)C(=O)N(Cc2cc(F)c(SNc3ncns3)cc2Cl)c2cnc(Cl)c(Cl)c21. The molecule has 1 aliphatic heterocycles. The number of nitrogens with one attached hydrogen (secondary N) is 1. The summed E-state index contributed by atoms with van der Waals surface area (Å²) < 4.78 is 21.5. The molecule has 156 valence electrons. The summed E-state index contributed by atoms with van der Waals surface area (Å²) in [5.41, 5.74) is 0.690. The molecule has 0 unspecified atom stereocenters. The van der Waals surface area contributed by atoms with Crippen LogP contribution in [0.1, 0.15) is 25.0 Å². The number of amides is 1. The molecule has 0 atom stereocenters. The van der Waals surface area contributed by atoms with E-state index in [4.69, 9.17) is 34.8 Å². The van der Waals surface area contributed by atoms with Gasteiger partial charge in [0.15, 0.2) is 0 Å². The Bertz CT molecular complexity index is 1140. The molecule has 12 heteroatoms. The summed E-state index contributed by atoms with van der Waals surface area (Å²) in [4.78, 5) is 22.9. The van der Waals surface area contributed by atoms with Crippen LogP contribution in [-0.2, 0) is 16.8 Å². The molecule has 4 rings (SSSR count). The van der Waals surface area contributed by atoms with Gasteiger partial charge in [-0.3, -0.25) is 4.79 Å². The van der Waals surface area contributed by atoms with Gasteiger partial charge in [0.25, 0.3) is 0 Å². The van der Waals surface area contributed by atoms with Gasteiger partial charge in [-0.2, -0.15) is 4.37 Å². The normalized spacial score (nSPS) is 14.9. The number of nitrogens with zero attached hydrogens (tertiary/aromatic N) is 4. The van der Waals surface area contributed by atoms with E-state index in [1.807, 2.05) is 0 Å². The molecule has 1 aromatic carbocycles. The molecule has 1 N–H and O–H groups in total. The second-order valence-electron chi connectivity index (χ2n) is 6.96. The van der Waals surface area contributed by atoms with Crippen molar-refractivity contribution in [3.63, 3.8) is 0 Å². The average Bonchev–Trinajstić information content (AvgIpc) is 3.27. The van der Waals surface area contributed by atoms with Gasteiger partial charge in [0, 0.05) is 22.1 Å². The van der Waals surface area contributed by atoms with E-state index in [0.717, 1.165) is 23.5 Å². The highest BCUT2D eigenvalue weighted by Gasteiger charge is 2.46. The lowest BCUT2D eigenvalue weighted by Crippen LogP contribution is -2.35. The quantitative estimate of drug-likeness (QED) is 0.341. The minimum Gasteiger partial charge on any atom is -0.305 e. The Morgan fingerprint density at radius 1 is 1.27 bits per heavy atom. The molecule has 30 heavy (non-hydrogen) atoms. The Balaban J connectivity index is 1.63. The Morgan fingerprint density at radius 2 is 2.03 bits per heavy atom. The van der Waals surface area contributed by atoms with Gasteiger partial charge >= 0.3 is 0 Å². The molecular weight excluding hydrogens is 492 g/mol. The van der Waals surface area contributed by atoms with Crippen molar-refractivity contribution in [3.05, 3.63) is 56.8 Å². The monoisotopic (exact) mass is 503 g/mol. The fourth-order valence-electron chi connectivity index (χ4n) is 3.22. The summed E-state index contributed by atoms with van der Waals surface area (Å²) in [7, 11) is 0. The Hall–Kier alpha value is -1.65. The van der Waals surface area contributed by atoms with Gasteiger partial charge in [0.2, 0.25) is 11.0 Å². The third-order valence-electron chi connectivity index (χ3n) is 4.69. The van der Waals surface area contributed by atoms with Crippen molar-refractivity contribution in [3.8, 4) is 0 Å². The van der Waals surface area contributed by atoms with Gasteiger partial charge in [-0.1, -0.05) is 34.8 Å². The predicted octanol–water partition coefficient (Wildman–Crippen LogP) is 5.98. The maximum absolute atomic E-state index is 14.7. The van der Waals surface area contributed by atoms with E-state index in [1.54, 1.807) is 13.8 Å². The van der Waals surface area contributed by atoms with Gasteiger partial charge in [-0.05, 0) is 43.5 Å². The molecule has 0 fully saturated rings. The minimum atomic E-state index is -0.897. The lowest BCUT2D eigenvalue weighted by atomic mass is 9.87. The molecular formula is C18H13Cl3FN5OS2. The van der Waals surface area contributed by atoms with Crippen LogP contribution < -0.4 is 9.62 Å². The maximum Gasteiger partial charge on any atom is 0.237 e. The second-order valence-corrected chi connectivity index (χ2v) is 9.74. The molecule has 2 aromatic heterocycles. The summed E-state index contributed by atoms with van der Waals surface area (Å²) >= 11 is 21.0. The smallest absolute Gasteiger partial charge is 0.237 e. The van der Waals surface area contributed by atoms with Gasteiger partial charge in [0.05, 0.1) is 33.8 Å². The van der Waals surface area contributed by atoms with Crippen LogP contribution in [0.3, 0.4) is 0 Å². The molecule has 0 saturated carbocycles. The lowest BCUT2D eigenvalue weighted by molar-refractivity contribution is -0.122. The molecule has 3 heterocycles. The van der Waals surface area contributed by atoms with Crippen molar-refractivity contribution in [1.82, 2.24) is 14.3 Å². The van der Waals surface area contributed by atoms with E-state index in [9.17, 15) is 9.18 Å². The number of benzene rings is 1. The molecule has 0 aliphatic carbocycles. The fraction of sp³-hybridized carbons (Fsp3) is 0.222. The summed E-state index contributed by atoms with van der Waals surface area (Å²) in [6, 6.07) is 2.82. The molecule has 1 amide bonds. The first-order valence-electron chi connectivity index (χ1n) is 8.54. The van der Waals surface area contributed by atoms with Crippen LogP contribution in [0.2, 0.25) is 15.2 Å². The molecule has 1 aliphatic rings. The number of hydrogen-bond donors (Lipinski definition) is 1. The average molecular weight is 505 g/mol. The van der Waals surface area contributed by atoms with Crippen LogP contribution in [-0.4, -0.2) is 20.2 Å². The molecule has 0 radical (unpaired) electrons. The zero-order valence-corrected chi connectivity index (χ0v) is 19.4. The van der Waals surface area contributed by atoms with E-state index in [0.29, 0.717) is 31.9 Å². The predicted molar refractivity (Wildman–Crippen MR) is 119 cm³/mol. The molecule has 3 aromatic rings. The van der Waals surface area contributed by atoms with Crippen molar-refractivity contribution in [2.75, 3.05) is 9.62 Å². The third-order valence-corrected chi connectivity index (χ3v) is 7.33. The van der Waals surface area contributed by atoms with Crippen LogP contribution in [0.5, 0.6) is 0 Å².